The number of piperazine rings is 1. The van der Waals surface area contributed by atoms with Crippen molar-refractivity contribution in [1.29, 1.82) is 0 Å². The van der Waals surface area contributed by atoms with E-state index in [4.69, 9.17) is 9.47 Å². The van der Waals surface area contributed by atoms with Gasteiger partial charge in [0.25, 0.3) is 0 Å². The second-order valence-electron chi connectivity index (χ2n) is 6.32. The maximum Gasteiger partial charge on any atom is 0.246 e. The smallest absolute Gasteiger partial charge is 0.246 e. The van der Waals surface area contributed by atoms with Crippen LogP contribution in [-0.2, 0) is 19.1 Å². The molecule has 0 aromatic heterocycles. The first-order valence-corrected chi connectivity index (χ1v) is 7.62. The van der Waals surface area contributed by atoms with Crippen molar-refractivity contribution in [3.8, 4) is 0 Å². The number of amides is 2. The molecule has 1 saturated heterocycles. The third-order valence-electron chi connectivity index (χ3n) is 4.26. The number of ether oxygens (including phenoxy) is 2. The Morgan fingerprint density at radius 1 is 1.29 bits per heavy atom. The van der Waals surface area contributed by atoms with Crippen LogP contribution in [0.5, 0.6) is 0 Å². The summed E-state index contributed by atoms with van der Waals surface area (Å²) < 4.78 is 10.5. The first-order valence-electron chi connectivity index (χ1n) is 7.62. The van der Waals surface area contributed by atoms with E-state index >= 15 is 0 Å². The van der Waals surface area contributed by atoms with E-state index in [1.54, 1.807) is 19.1 Å². The van der Waals surface area contributed by atoms with Crippen LogP contribution in [0.1, 0.15) is 26.7 Å². The number of nitrogens with zero attached hydrogens (tertiary/aromatic N) is 1. The molecule has 1 heterocycles. The van der Waals surface area contributed by atoms with Crippen molar-refractivity contribution in [1.82, 2.24) is 10.2 Å². The standard InChI is InChI=1S/C15H26N2O4/c1-9(2)13-14(18)16-12(10-5-6-10)15(19)17(13)7-11(21-4)8-20-3/h9-13H,5-8H2,1-4H3,(H,16,18). The fourth-order valence-electron chi connectivity index (χ4n) is 2.97. The van der Waals surface area contributed by atoms with Gasteiger partial charge in [-0.1, -0.05) is 13.8 Å². The van der Waals surface area contributed by atoms with Gasteiger partial charge in [0.2, 0.25) is 11.8 Å². The van der Waals surface area contributed by atoms with E-state index in [0.29, 0.717) is 19.1 Å². The molecule has 1 N–H and O–H groups in total. The molecule has 0 spiro atoms. The number of carbonyl (C=O) groups is 2. The van der Waals surface area contributed by atoms with Crippen LogP contribution >= 0.6 is 0 Å². The van der Waals surface area contributed by atoms with E-state index in [-0.39, 0.29) is 29.9 Å². The molecule has 1 saturated carbocycles. The van der Waals surface area contributed by atoms with Gasteiger partial charge in [0.15, 0.2) is 0 Å². The normalized spacial score (nSPS) is 28.0. The predicted molar refractivity (Wildman–Crippen MR) is 77.7 cm³/mol. The van der Waals surface area contributed by atoms with E-state index < -0.39 is 6.04 Å². The lowest BCUT2D eigenvalue weighted by Gasteiger charge is -2.42. The Morgan fingerprint density at radius 3 is 2.43 bits per heavy atom. The monoisotopic (exact) mass is 298 g/mol. The topological polar surface area (TPSA) is 67.9 Å². The fourth-order valence-corrected chi connectivity index (χ4v) is 2.97. The second kappa shape index (κ2) is 6.75. The highest BCUT2D eigenvalue weighted by molar-refractivity contribution is 5.97. The molecule has 21 heavy (non-hydrogen) atoms. The van der Waals surface area contributed by atoms with Crippen molar-refractivity contribution in [2.45, 2.75) is 44.9 Å². The maximum atomic E-state index is 12.7. The minimum Gasteiger partial charge on any atom is -0.382 e. The number of methoxy groups -OCH3 is 2. The summed E-state index contributed by atoms with van der Waals surface area (Å²) in [6, 6.07) is -0.783. The van der Waals surface area contributed by atoms with E-state index in [9.17, 15) is 9.59 Å². The van der Waals surface area contributed by atoms with E-state index in [1.807, 2.05) is 13.8 Å². The SMILES string of the molecule is COCC(CN1C(=O)C(C2CC2)NC(=O)C1C(C)C)OC. The number of hydrogen-bond donors (Lipinski definition) is 1. The van der Waals surface area contributed by atoms with Gasteiger partial charge < -0.3 is 19.7 Å². The Morgan fingerprint density at radius 2 is 1.95 bits per heavy atom. The van der Waals surface area contributed by atoms with Gasteiger partial charge in [-0.15, -0.1) is 0 Å². The highest BCUT2D eigenvalue weighted by Gasteiger charge is 2.48. The lowest BCUT2D eigenvalue weighted by atomic mass is 9.95. The van der Waals surface area contributed by atoms with Crippen LogP contribution in [0.4, 0.5) is 0 Å². The molecule has 2 aliphatic rings. The first-order chi connectivity index (χ1) is 9.99. The average molecular weight is 298 g/mol. The van der Waals surface area contributed by atoms with Crippen LogP contribution in [-0.4, -0.2) is 62.3 Å². The number of rotatable bonds is 7. The Labute approximate surface area is 126 Å². The van der Waals surface area contributed by atoms with Crippen molar-refractivity contribution in [3.05, 3.63) is 0 Å². The molecule has 0 aromatic carbocycles. The third kappa shape index (κ3) is 3.55. The number of carbonyl (C=O) groups excluding carboxylic acids is 2. The van der Waals surface area contributed by atoms with Gasteiger partial charge in [-0.3, -0.25) is 9.59 Å². The summed E-state index contributed by atoms with van der Waals surface area (Å²) in [5.41, 5.74) is 0. The van der Waals surface area contributed by atoms with Crippen LogP contribution < -0.4 is 5.32 Å². The zero-order valence-electron chi connectivity index (χ0n) is 13.3. The van der Waals surface area contributed by atoms with Crippen molar-refractivity contribution in [3.63, 3.8) is 0 Å². The summed E-state index contributed by atoms with van der Waals surface area (Å²) in [5.74, 6) is 0.345. The van der Waals surface area contributed by atoms with Crippen molar-refractivity contribution in [2.24, 2.45) is 11.8 Å². The van der Waals surface area contributed by atoms with E-state index in [0.717, 1.165) is 12.8 Å². The summed E-state index contributed by atoms with van der Waals surface area (Å²) in [5, 5.41) is 2.91. The van der Waals surface area contributed by atoms with Gasteiger partial charge in [0, 0.05) is 14.2 Å². The van der Waals surface area contributed by atoms with E-state index in [2.05, 4.69) is 5.32 Å². The third-order valence-corrected chi connectivity index (χ3v) is 4.26. The molecule has 0 aromatic rings. The molecule has 3 unspecified atom stereocenters. The Hall–Kier alpha value is -1.14. The summed E-state index contributed by atoms with van der Waals surface area (Å²) in [6.07, 6.45) is 1.82. The quantitative estimate of drug-likeness (QED) is 0.739. The number of nitrogens with one attached hydrogen (secondary N) is 1. The molecule has 1 aliphatic heterocycles. The maximum absolute atomic E-state index is 12.7. The lowest BCUT2D eigenvalue weighted by molar-refractivity contribution is -0.154. The van der Waals surface area contributed by atoms with Gasteiger partial charge in [-0.05, 0) is 24.7 Å². The van der Waals surface area contributed by atoms with Gasteiger partial charge in [0.1, 0.15) is 12.1 Å². The molecule has 6 nitrogen and oxygen atoms in total. The molecule has 0 radical (unpaired) electrons. The van der Waals surface area contributed by atoms with Crippen molar-refractivity contribution in [2.75, 3.05) is 27.4 Å². The fraction of sp³-hybridized carbons (Fsp3) is 0.867. The second-order valence-corrected chi connectivity index (χ2v) is 6.32. The highest BCUT2D eigenvalue weighted by Crippen LogP contribution is 2.35. The summed E-state index contributed by atoms with van der Waals surface area (Å²) >= 11 is 0. The van der Waals surface area contributed by atoms with Gasteiger partial charge in [-0.2, -0.15) is 0 Å². The van der Waals surface area contributed by atoms with E-state index in [1.165, 1.54) is 0 Å². The molecular formula is C15H26N2O4. The van der Waals surface area contributed by atoms with Crippen LogP contribution in [0.25, 0.3) is 0 Å². The van der Waals surface area contributed by atoms with Crippen LogP contribution in [0.2, 0.25) is 0 Å². The first kappa shape index (κ1) is 16.2. The predicted octanol–water partition coefficient (Wildman–Crippen LogP) is 0.409. The molecule has 120 valence electrons. The molecule has 3 atom stereocenters. The lowest BCUT2D eigenvalue weighted by Crippen LogP contribution is -2.66. The van der Waals surface area contributed by atoms with Crippen LogP contribution in [0.15, 0.2) is 0 Å². The highest BCUT2D eigenvalue weighted by atomic mass is 16.5. The van der Waals surface area contributed by atoms with Crippen LogP contribution in [0.3, 0.4) is 0 Å². The largest absolute Gasteiger partial charge is 0.382 e. The summed E-state index contributed by atoms with van der Waals surface area (Å²) in [7, 11) is 3.20. The zero-order valence-corrected chi connectivity index (χ0v) is 13.3. The van der Waals surface area contributed by atoms with Gasteiger partial charge in [0.05, 0.1) is 19.3 Å². The minimum absolute atomic E-state index is 0.0222. The molecule has 2 fully saturated rings. The average Bonchev–Trinajstić information content (AvgIpc) is 3.25. The van der Waals surface area contributed by atoms with Crippen LogP contribution in [0, 0.1) is 11.8 Å². The van der Waals surface area contributed by atoms with Crippen molar-refractivity contribution < 1.29 is 19.1 Å². The zero-order chi connectivity index (χ0) is 15.6. The molecule has 6 heteroatoms. The minimum atomic E-state index is -0.429. The van der Waals surface area contributed by atoms with Crippen molar-refractivity contribution >= 4 is 11.8 Å². The molecule has 2 amide bonds. The molecule has 1 aliphatic carbocycles. The molecular weight excluding hydrogens is 272 g/mol. The molecule has 2 rings (SSSR count). The molecule has 0 bridgehead atoms. The summed E-state index contributed by atoms with van der Waals surface area (Å²) in [4.78, 5) is 26.8. The Kier molecular flexibility index (Phi) is 5.22. The summed E-state index contributed by atoms with van der Waals surface area (Å²) in [6.45, 7) is 4.71. The Bertz CT molecular complexity index is 395. The number of hydrogen-bond acceptors (Lipinski definition) is 4. The Balaban J connectivity index is 2.16. The van der Waals surface area contributed by atoms with Gasteiger partial charge >= 0.3 is 0 Å². The van der Waals surface area contributed by atoms with Gasteiger partial charge in [-0.25, -0.2) is 0 Å².